The van der Waals surface area contributed by atoms with Crippen molar-refractivity contribution in [3.63, 3.8) is 0 Å². The zero-order valence-corrected chi connectivity index (χ0v) is 18.4. The van der Waals surface area contributed by atoms with E-state index in [2.05, 4.69) is 20.1 Å². The van der Waals surface area contributed by atoms with Gasteiger partial charge < -0.3 is 14.5 Å². The number of nitrogens with zero attached hydrogens (tertiary/aromatic N) is 3. The first-order valence-corrected chi connectivity index (χ1v) is 10.9. The molecule has 3 heterocycles. The third-order valence-corrected chi connectivity index (χ3v) is 5.51. The van der Waals surface area contributed by atoms with Crippen LogP contribution in [-0.2, 0) is 40.1 Å². The van der Waals surface area contributed by atoms with Crippen LogP contribution in [0.2, 0.25) is 0 Å². The molecule has 35 heavy (non-hydrogen) atoms. The van der Waals surface area contributed by atoms with E-state index in [-0.39, 0.29) is 31.1 Å². The van der Waals surface area contributed by atoms with Crippen LogP contribution >= 0.6 is 0 Å². The molecule has 0 radical (unpaired) electrons. The van der Waals surface area contributed by atoms with Gasteiger partial charge in [0, 0.05) is 49.5 Å². The summed E-state index contributed by atoms with van der Waals surface area (Å²) in [4.78, 5) is 40.0. The van der Waals surface area contributed by atoms with Gasteiger partial charge in [0.1, 0.15) is 5.76 Å². The molecule has 0 fully saturated rings. The van der Waals surface area contributed by atoms with Gasteiger partial charge in [-0.25, -0.2) is 9.59 Å². The molecule has 1 aliphatic carbocycles. The quantitative estimate of drug-likeness (QED) is 0.293. The van der Waals surface area contributed by atoms with Crippen molar-refractivity contribution in [2.75, 3.05) is 6.54 Å². The number of esters is 2. The van der Waals surface area contributed by atoms with E-state index < -0.39 is 18.1 Å². The van der Waals surface area contributed by atoms with E-state index in [1.807, 2.05) is 0 Å². The van der Waals surface area contributed by atoms with E-state index in [0.717, 1.165) is 5.56 Å². The van der Waals surface area contributed by atoms with Gasteiger partial charge in [-0.05, 0) is 43.0 Å². The average Bonchev–Trinajstić information content (AvgIpc) is 3.47. The Labute approximate surface area is 197 Å². The normalized spacial score (nSPS) is 12.5. The van der Waals surface area contributed by atoms with Gasteiger partial charge in [-0.15, -0.1) is 0 Å². The molecule has 12 heteroatoms. The maximum absolute atomic E-state index is 12.7. The molecule has 9 nitrogen and oxygen atoms in total. The molecule has 0 spiro atoms. The summed E-state index contributed by atoms with van der Waals surface area (Å²) >= 11 is 0. The summed E-state index contributed by atoms with van der Waals surface area (Å²) in [7, 11) is 0. The van der Waals surface area contributed by atoms with E-state index in [0.29, 0.717) is 48.3 Å². The first-order chi connectivity index (χ1) is 16.7. The second-order valence-electron chi connectivity index (χ2n) is 7.89. The summed E-state index contributed by atoms with van der Waals surface area (Å²) in [6.45, 7) is 0.356. The lowest BCUT2D eigenvalue weighted by Gasteiger charge is -2.15. The Morgan fingerprint density at radius 3 is 2.77 bits per heavy atom. The number of rotatable bonds is 8. The van der Waals surface area contributed by atoms with E-state index in [1.165, 1.54) is 10.9 Å². The Morgan fingerprint density at radius 2 is 2.03 bits per heavy atom. The maximum atomic E-state index is 12.7. The summed E-state index contributed by atoms with van der Waals surface area (Å²) in [5.41, 5.74) is 2.24. The molecular formula is C23H21F3N4O5. The lowest BCUT2D eigenvalue weighted by atomic mass is 9.90. The molecule has 1 amide bonds. The zero-order chi connectivity index (χ0) is 25.0. The third kappa shape index (κ3) is 5.58. The van der Waals surface area contributed by atoms with Crippen molar-refractivity contribution in [3.8, 4) is 11.3 Å². The van der Waals surface area contributed by atoms with E-state index in [9.17, 15) is 27.6 Å². The predicted molar refractivity (Wildman–Crippen MR) is 114 cm³/mol. The summed E-state index contributed by atoms with van der Waals surface area (Å²) in [5, 5.41) is 7.18. The molecule has 0 atom stereocenters. The number of aromatic nitrogens is 3. The van der Waals surface area contributed by atoms with Gasteiger partial charge in [-0.3, -0.25) is 14.5 Å². The van der Waals surface area contributed by atoms with Gasteiger partial charge in [0.25, 0.3) is 0 Å². The fraction of sp³-hybridized carbons (Fsp3) is 0.348. The van der Waals surface area contributed by atoms with Crippen molar-refractivity contribution in [2.45, 2.75) is 44.8 Å². The topological polar surface area (TPSA) is 116 Å². The maximum Gasteiger partial charge on any atom is 0.491 e. The molecule has 0 saturated carbocycles. The van der Waals surface area contributed by atoms with Crippen LogP contribution in [0.3, 0.4) is 0 Å². The number of nitrogens with one attached hydrogen (secondary N) is 1. The van der Waals surface area contributed by atoms with Crippen LogP contribution in [0.5, 0.6) is 0 Å². The smallest absolute Gasteiger partial charge is 0.469 e. The lowest BCUT2D eigenvalue weighted by Crippen LogP contribution is -2.30. The highest BCUT2D eigenvalue weighted by atomic mass is 19.4. The second kappa shape index (κ2) is 10.1. The Balaban J connectivity index is 1.47. The average molecular weight is 490 g/mol. The molecule has 0 saturated heterocycles. The molecule has 0 unspecified atom stereocenters. The number of carbonyl (C=O) groups is 3. The number of ether oxygens (including phenoxy) is 1. The van der Waals surface area contributed by atoms with Crippen molar-refractivity contribution in [1.82, 2.24) is 20.1 Å². The molecule has 1 N–H and O–H groups in total. The second-order valence-corrected chi connectivity index (χ2v) is 7.89. The minimum Gasteiger partial charge on any atom is -0.469 e. The summed E-state index contributed by atoms with van der Waals surface area (Å²) in [6, 6.07) is 5.21. The van der Waals surface area contributed by atoms with Gasteiger partial charge in [0.05, 0.1) is 12.0 Å². The van der Waals surface area contributed by atoms with E-state index in [4.69, 9.17) is 4.42 Å². The molecule has 0 bridgehead atoms. The highest BCUT2D eigenvalue weighted by Crippen LogP contribution is 2.34. The SMILES string of the molecule is O=C(CCc1ccco1)NCCCn1nc2c(c1C(=O)OC(=O)C(F)(F)F)CCc1cnccc1-2. The van der Waals surface area contributed by atoms with Crippen LogP contribution in [-0.4, -0.2) is 45.3 Å². The highest BCUT2D eigenvalue weighted by Gasteiger charge is 2.43. The molecule has 0 aliphatic heterocycles. The molecule has 184 valence electrons. The molecule has 1 aliphatic rings. The van der Waals surface area contributed by atoms with Crippen LogP contribution in [0.4, 0.5) is 13.2 Å². The standard InChI is InChI=1S/C23H21F3N4O5/c24-23(25,26)22(33)35-21(32)20-17-6-4-14-13-27-10-8-16(14)19(17)29-30(20)11-2-9-28-18(31)7-5-15-3-1-12-34-15/h1,3,8,10,12-13H,2,4-7,9,11H2,(H,28,31). The Kier molecular flexibility index (Phi) is 6.99. The number of fused-ring (bicyclic) bond motifs is 3. The summed E-state index contributed by atoms with van der Waals surface area (Å²) in [5.74, 6) is -3.51. The van der Waals surface area contributed by atoms with Gasteiger partial charge in [-0.1, -0.05) is 0 Å². The number of alkyl halides is 3. The van der Waals surface area contributed by atoms with Crippen LogP contribution in [0, 0.1) is 0 Å². The van der Waals surface area contributed by atoms with Gasteiger partial charge >= 0.3 is 18.1 Å². The molecule has 3 aromatic rings. The Morgan fingerprint density at radius 1 is 1.20 bits per heavy atom. The fourth-order valence-corrected chi connectivity index (χ4v) is 3.89. The van der Waals surface area contributed by atoms with E-state index in [1.54, 1.807) is 30.6 Å². The number of aryl methyl sites for hydroxylation is 3. The molecule has 3 aromatic heterocycles. The number of amides is 1. The number of halogens is 3. The number of hydrogen-bond donors (Lipinski definition) is 1. The van der Waals surface area contributed by atoms with Crippen molar-refractivity contribution < 1.29 is 36.7 Å². The summed E-state index contributed by atoms with van der Waals surface area (Å²) < 4.78 is 48.5. The fourth-order valence-electron chi connectivity index (χ4n) is 3.89. The largest absolute Gasteiger partial charge is 0.491 e. The number of furan rings is 1. The van der Waals surface area contributed by atoms with Crippen molar-refractivity contribution in [1.29, 1.82) is 0 Å². The number of pyridine rings is 1. The third-order valence-electron chi connectivity index (χ3n) is 5.51. The minimum atomic E-state index is -5.31. The van der Waals surface area contributed by atoms with Crippen molar-refractivity contribution >= 4 is 17.8 Å². The van der Waals surface area contributed by atoms with Crippen molar-refractivity contribution in [2.24, 2.45) is 0 Å². The molecule has 0 aromatic carbocycles. The van der Waals surface area contributed by atoms with E-state index >= 15 is 0 Å². The predicted octanol–water partition coefficient (Wildman–Crippen LogP) is 3.02. The van der Waals surface area contributed by atoms with Crippen LogP contribution in [0.1, 0.15) is 40.2 Å². The van der Waals surface area contributed by atoms with Crippen LogP contribution < -0.4 is 5.32 Å². The zero-order valence-electron chi connectivity index (χ0n) is 18.4. The number of carbonyl (C=O) groups excluding carboxylic acids is 3. The molecule has 4 rings (SSSR count). The Hall–Kier alpha value is -3.96. The van der Waals surface area contributed by atoms with Crippen LogP contribution in [0.25, 0.3) is 11.3 Å². The minimum absolute atomic E-state index is 0.108. The first-order valence-electron chi connectivity index (χ1n) is 10.9. The van der Waals surface area contributed by atoms with Crippen LogP contribution in [0.15, 0.2) is 41.3 Å². The monoisotopic (exact) mass is 490 g/mol. The van der Waals surface area contributed by atoms with Crippen molar-refractivity contribution in [3.05, 3.63) is 59.4 Å². The first kappa shape index (κ1) is 24.2. The molecular weight excluding hydrogens is 469 g/mol. The number of hydrogen-bond acceptors (Lipinski definition) is 7. The Bertz CT molecular complexity index is 1230. The summed E-state index contributed by atoms with van der Waals surface area (Å²) in [6.07, 6.45) is 1.27. The lowest BCUT2D eigenvalue weighted by molar-refractivity contribution is -0.193. The van der Waals surface area contributed by atoms with Gasteiger partial charge in [0.2, 0.25) is 5.91 Å². The highest BCUT2D eigenvalue weighted by molar-refractivity contribution is 5.99. The van der Waals surface area contributed by atoms with Gasteiger partial charge in [-0.2, -0.15) is 18.3 Å². The van der Waals surface area contributed by atoms with Gasteiger partial charge in [0.15, 0.2) is 5.69 Å².